The first-order chi connectivity index (χ1) is 11.5. The molecule has 1 aromatic carbocycles. The molecule has 1 aromatic heterocycles. The molecular weight excluding hydrogens is 348 g/mol. The molecule has 134 valence electrons. The Labute approximate surface area is 144 Å². The highest BCUT2D eigenvalue weighted by Gasteiger charge is 2.25. The molecule has 2 aromatic rings. The van der Waals surface area contributed by atoms with Gasteiger partial charge in [-0.2, -0.15) is 13.4 Å². The van der Waals surface area contributed by atoms with E-state index in [-0.39, 0.29) is 11.7 Å². The van der Waals surface area contributed by atoms with Crippen LogP contribution in [-0.2, 0) is 16.7 Å². The third-order valence-corrected chi connectivity index (χ3v) is 3.59. The highest BCUT2D eigenvalue weighted by atomic mass is 32.2. The van der Waals surface area contributed by atoms with Gasteiger partial charge in [-0.1, -0.05) is 6.07 Å². The first-order valence-electron chi connectivity index (χ1n) is 7.21. The molecule has 0 saturated heterocycles. The Kier molecular flexibility index (Phi) is 4.95. The van der Waals surface area contributed by atoms with Crippen molar-refractivity contribution in [2.45, 2.75) is 19.9 Å². The molecule has 2 heterocycles. The highest BCUT2D eigenvalue weighted by molar-refractivity contribution is 7.85. The first-order valence-corrected chi connectivity index (χ1v) is 9.06. The van der Waals surface area contributed by atoms with Gasteiger partial charge in [-0.05, 0) is 24.6 Å². The topological polar surface area (TPSA) is 158 Å². The molecule has 0 unspecified atom stereocenters. The molecule has 5 N–H and O–H groups in total. The van der Waals surface area contributed by atoms with Crippen LogP contribution in [0.4, 0.5) is 0 Å². The van der Waals surface area contributed by atoms with Crippen molar-refractivity contribution in [3.8, 4) is 0 Å². The number of hydrogen-bond donors (Lipinski definition) is 3. The molecule has 25 heavy (non-hydrogen) atoms. The molecule has 0 aliphatic carbocycles. The number of aliphatic imine (C=N–C) groups is 1. The number of hydrogen-bond acceptors (Lipinski definition) is 4. The summed E-state index contributed by atoms with van der Waals surface area (Å²) >= 11 is 0. The second kappa shape index (κ2) is 6.65. The lowest BCUT2D eigenvalue weighted by Crippen LogP contribution is -2.25. The molecule has 1 amide bonds. The van der Waals surface area contributed by atoms with E-state index >= 15 is 0 Å². The molecule has 9 nitrogen and oxygen atoms in total. The summed E-state index contributed by atoms with van der Waals surface area (Å²) in [6, 6.07) is 5.45. The van der Waals surface area contributed by atoms with Crippen molar-refractivity contribution in [1.82, 2.24) is 4.57 Å². The molecule has 3 rings (SSSR count). The molecular formula is C15H18N4O5S. The van der Waals surface area contributed by atoms with Crippen molar-refractivity contribution >= 4 is 38.7 Å². The van der Waals surface area contributed by atoms with Crippen LogP contribution in [-0.4, -0.2) is 41.4 Å². The van der Waals surface area contributed by atoms with E-state index in [4.69, 9.17) is 16.0 Å². The SMILES string of the molecule is CS(=O)(=O)O.Cc1ccc2c3c1cc(C(=O)N=C(N)N)n3CCC2=O. The summed E-state index contributed by atoms with van der Waals surface area (Å²) in [4.78, 5) is 27.6. The number of ketones is 1. The van der Waals surface area contributed by atoms with E-state index in [0.717, 1.165) is 16.5 Å². The maximum atomic E-state index is 12.1. The number of guanidine groups is 1. The number of nitrogens with zero attached hydrogens (tertiary/aromatic N) is 2. The van der Waals surface area contributed by atoms with Crippen LogP contribution in [0, 0.1) is 6.92 Å². The zero-order chi connectivity index (χ0) is 18.9. The number of aromatic nitrogens is 1. The van der Waals surface area contributed by atoms with Gasteiger partial charge in [0.1, 0.15) is 5.69 Å². The van der Waals surface area contributed by atoms with E-state index < -0.39 is 16.0 Å². The van der Waals surface area contributed by atoms with Gasteiger partial charge in [-0.15, -0.1) is 0 Å². The first kappa shape index (κ1) is 18.6. The number of rotatable bonds is 1. The molecule has 0 saturated carbocycles. The van der Waals surface area contributed by atoms with Gasteiger partial charge in [0.15, 0.2) is 11.7 Å². The molecule has 0 atom stereocenters. The Hall–Kier alpha value is -2.72. The number of carbonyl (C=O) groups excluding carboxylic acids is 2. The summed E-state index contributed by atoms with van der Waals surface area (Å²) in [7, 11) is -3.67. The van der Waals surface area contributed by atoms with Gasteiger partial charge >= 0.3 is 0 Å². The van der Waals surface area contributed by atoms with E-state index in [9.17, 15) is 18.0 Å². The van der Waals surface area contributed by atoms with E-state index in [2.05, 4.69) is 4.99 Å². The lowest BCUT2D eigenvalue weighted by Gasteiger charge is -2.16. The fourth-order valence-electron chi connectivity index (χ4n) is 2.67. The fraction of sp³-hybridized carbons (Fsp3) is 0.267. The minimum Gasteiger partial charge on any atom is -0.370 e. The minimum atomic E-state index is -3.67. The maximum Gasteiger partial charge on any atom is 0.296 e. The zero-order valence-corrected chi connectivity index (χ0v) is 14.5. The minimum absolute atomic E-state index is 0.0986. The number of benzene rings is 1. The molecule has 0 fully saturated rings. The van der Waals surface area contributed by atoms with Gasteiger partial charge in [-0.25, -0.2) is 0 Å². The van der Waals surface area contributed by atoms with Crippen molar-refractivity contribution in [3.63, 3.8) is 0 Å². The number of amides is 1. The summed E-state index contributed by atoms with van der Waals surface area (Å²) in [6.07, 6.45) is 1.09. The molecule has 0 radical (unpaired) electrons. The molecule has 10 heteroatoms. The van der Waals surface area contributed by atoms with Crippen LogP contribution in [0.2, 0.25) is 0 Å². The van der Waals surface area contributed by atoms with Gasteiger partial charge < -0.3 is 16.0 Å². The van der Waals surface area contributed by atoms with Crippen LogP contribution in [0.1, 0.15) is 32.8 Å². The van der Waals surface area contributed by atoms with Crippen LogP contribution >= 0.6 is 0 Å². The Bertz CT molecular complexity index is 993. The normalized spacial score (nSPS) is 13.2. The third kappa shape index (κ3) is 4.22. The van der Waals surface area contributed by atoms with Gasteiger partial charge in [0.25, 0.3) is 16.0 Å². The lowest BCUT2D eigenvalue weighted by molar-refractivity contribution is 0.0958. The third-order valence-electron chi connectivity index (χ3n) is 3.59. The molecule has 1 aliphatic heterocycles. The predicted octanol–water partition coefficient (Wildman–Crippen LogP) is 0.454. The summed E-state index contributed by atoms with van der Waals surface area (Å²) in [5.74, 6) is -0.653. The Balaban J connectivity index is 0.000000399. The van der Waals surface area contributed by atoms with Gasteiger partial charge in [0.05, 0.1) is 11.8 Å². The van der Waals surface area contributed by atoms with Crippen LogP contribution < -0.4 is 11.5 Å². The summed E-state index contributed by atoms with van der Waals surface area (Å²) < 4.78 is 27.7. The van der Waals surface area contributed by atoms with Gasteiger partial charge in [0, 0.05) is 23.9 Å². The maximum absolute atomic E-state index is 12.1. The fourth-order valence-corrected chi connectivity index (χ4v) is 2.67. The van der Waals surface area contributed by atoms with Crippen LogP contribution in [0.15, 0.2) is 23.2 Å². The lowest BCUT2D eigenvalue weighted by atomic mass is 10.00. The van der Waals surface area contributed by atoms with Crippen molar-refractivity contribution in [2.75, 3.05) is 6.26 Å². The quantitative estimate of drug-likeness (QED) is 0.375. The highest BCUT2D eigenvalue weighted by Crippen LogP contribution is 2.31. The van der Waals surface area contributed by atoms with Gasteiger partial charge in [0.2, 0.25) is 0 Å². The summed E-state index contributed by atoms with van der Waals surface area (Å²) in [5.41, 5.74) is 13.4. The standard InChI is InChI=1S/C14H14N4O2.CH4O3S/c1-7-2-3-8-11(19)4-5-18-10(6-9(7)12(8)18)13(20)17-14(15)16;1-5(2,3)4/h2-3,6H,4-5H2,1H3,(H4,15,16,17,20);1H3,(H,2,3,4). The average Bonchev–Trinajstić information content (AvgIpc) is 2.83. The summed E-state index contributed by atoms with van der Waals surface area (Å²) in [6.45, 7) is 2.41. The molecule has 0 bridgehead atoms. The number of aryl methyl sites for hydroxylation is 2. The predicted molar refractivity (Wildman–Crippen MR) is 93.2 cm³/mol. The second-order valence-corrected chi connectivity index (χ2v) is 7.09. The number of carbonyl (C=O) groups is 2. The van der Waals surface area contributed by atoms with E-state index in [1.165, 1.54) is 0 Å². The second-order valence-electron chi connectivity index (χ2n) is 5.62. The Morgan fingerprint density at radius 1 is 1.32 bits per heavy atom. The van der Waals surface area contributed by atoms with Crippen LogP contribution in [0.25, 0.3) is 10.9 Å². The Morgan fingerprint density at radius 2 is 1.92 bits per heavy atom. The van der Waals surface area contributed by atoms with Crippen LogP contribution in [0.3, 0.4) is 0 Å². The average molecular weight is 366 g/mol. The molecule has 0 spiro atoms. The molecule has 1 aliphatic rings. The van der Waals surface area contributed by atoms with Crippen molar-refractivity contribution < 1.29 is 22.6 Å². The summed E-state index contributed by atoms with van der Waals surface area (Å²) in [5, 5.41) is 0.893. The van der Waals surface area contributed by atoms with Crippen molar-refractivity contribution in [1.29, 1.82) is 0 Å². The number of nitrogens with two attached hydrogens (primary N) is 2. The van der Waals surface area contributed by atoms with Crippen molar-refractivity contribution in [2.24, 2.45) is 16.5 Å². The van der Waals surface area contributed by atoms with E-state index in [0.29, 0.717) is 30.5 Å². The number of Topliss-reactive ketones (excluding diaryl/α,β-unsaturated/α-hetero) is 1. The van der Waals surface area contributed by atoms with E-state index in [1.807, 2.05) is 23.6 Å². The smallest absolute Gasteiger partial charge is 0.296 e. The van der Waals surface area contributed by atoms with Crippen molar-refractivity contribution in [3.05, 3.63) is 35.0 Å². The van der Waals surface area contributed by atoms with E-state index in [1.54, 1.807) is 6.07 Å². The zero-order valence-electron chi connectivity index (χ0n) is 13.7. The van der Waals surface area contributed by atoms with Gasteiger partial charge in [-0.3, -0.25) is 14.1 Å². The largest absolute Gasteiger partial charge is 0.370 e. The van der Waals surface area contributed by atoms with Crippen LogP contribution in [0.5, 0.6) is 0 Å². The monoisotopic (exact) mass is 366 g/mol. The Morgan fingerprint density at radius 3 is 2.48 bits per heavy atom.